The Balaban J connectivity index is 1.85. The molecule has 0 bridgehead atoms. The molecule has 2 aliphatic heterocycles. The van der Waals surface area contributed by atoms with Crippen LogP contribution in [0.25, 0.3) is 0 Å². The van der Waals surface area contributed by atoms with Gasteiger partial charge in [-0.25, -0.2) is 13.2 Å². The zero-order chi connectivity index (χ0) is 23.5. The molecule has 1 aromatic rings. The zero-order valence-corrected chi connectivity index (χ0v) is 17.8. The van der Waals surface area contributed by atoms with Gasteiger partial charge in [-0.3, -0.25) is 14.5 Å². The summed E-state index contributed by atoms with van der Waals surface area (Å²) in [7, 11) is -4.20. The van der Waals surface area contributed by atoms with Gasteiger partial charge in [0, 0.05) is 0 Å². The van der Waals surface area contributed by atoms with Crippen molar-refractivity contribution in [1.82, 2.24) is 10.2 Å². The highest BCUT2D eigenvalue weighted by atomic mass is 32.2. The van der Waals surface area contributed by atoms with Crippen molar-refractivity contribution in [3.63, 3.8) is 0 Å². The van der Waals surface area contributed by atoms with Crippen molar-refractivity contribution in [1.29, 1.82) is 0 Å². The van der Waals surface area contributed by atoms with Crippen molar-refractivity contribution in [2.45, 2.75) is 23.6 Å². The van der Waals surface area contributed by atoms with Gasteiger partial charge < -0.3 is 20.0 Å². The Morgan fingerprint density at radius 2 is 2.00 bits per heavy atom. The van der Waals surface area contributed by atoms with Gasteiger partial charge in [-0.2, -0.15) is 0 Å². The maximum absolute atomic E-state index is 13.1. The summed E-state index contributed by atoms with van der Waals surface area (Å²) in [5, 5.41) is 11.0. The van der Waals surface area contributed by atoms with Gasteiger partial charge >= 0.3 is 5.97 Å². The molecule has 2 N–H and O–H groups in total. The lowest BCUT2D eigenvalue weighted by atomic mass is 10.0. The summed E-state index contributed by atoms with van der Waals surface area (Å²) in [5.41, 5.74) is -0.328. The second kappa shape index (κ2) is 9.22. The fourth-order valence-electron chi connectivity index (χ4n) is 3.49. The number of oxime groups is 1. The van der Waals surface area contributed by atoms with Crippen LogP contribution in [0.2, 0.25) is 0 Å². The zero-order valence-electron chi connectivity index (χ0n) is 17.0. The van der Waals surface area contributed by atoms with Crippen LogP contribution in [0.3, 0.4) is 0 Å². The van der Waals surface area contributed by atoms with Crippen LogP contribution in [0.4, 0.5) is 0 Å². The SMILES string of the molecule is C=CCOC(=O)C1=C(C)C(/C=N/O)S(=O)(=O)C2C(NC(=O)COc3ccccc3)C(=O)N12. The third kappa shape index (κ3) is 4.08. The van der Waals surface area contributed by atoms with E-state index in [9.17, 15) is 22.8 Å². The van der Waals surface area contributed by atoms with E-state index >= 15 is 0 Å². The minimum atomic E-state index is -4.20. The molecule has 0 radical (unpaired) electrons. The maximum atomic E-state index is 13.1. The van der Waals surface area contributed by atoms with Crippen LogP contribution in [-0.4, -0.2) is 72.4 Å². The predicted octanol–water partition coefficient (Wildman–Crippen LogP) is -0.0213. The Bertz CT molecular complexity index is 1100. The number of nitrogens with one attached hydrogen (secondary N) is 1. The Hall–Kier alpha value is -3.67. The quantitative estimate of drug-likeness (QED) is 0.136. The van der Waals surface area contributed by atoms with Crippen LogP contribution < -0.4 is 10.1 Å². The van der Waals surface area contributed by atoms with Crippen LogP contribution in [0.1, 0.15) is 6.92 Å². The number of benzene rings is 1. The number of amides is 2. The first-order chi connectivity index (χ1) is 15.2. The summed E-state index contributed by atoms with van der Waals surface area (Å²) < 4.78 is 36.5. The van der Waals surface area contributed by atoms with Gasteiger partial charge in [-0.15, -0.1) is 5.16 Å². The fourth-order valence-corrected chi connectivity index (χ4v) is 5.69. The van der Waals surface area contributed by atoms with E-state index in [-0.39, 0.29) is 17.9 Å². The monoisotopic (exact) mass is 463 g/mol. The minimum Gasteiger partial charge on any atom is -0.484 e. The average molecular weight is 463 g/mol. The average Bonchev–Trinajstić information content (AvgIpc) is 2.77. The highest BCUT2D eigenvalue weighted by Gasteiger charge is 2.63. The van der Waals surface area contributed by atoms with E-state index in [4.69, 9.17) is 14.7 Å². The van der Waals surface area contributed by atoms with E-state index in [1.165, 1.54) is 13.0 Å². The highest BCUT2D eigenvalue weighted by molar-refractivity contribution is 7.93. The lowest BCUT2D eigenvalue weighted by Crippen LogP contribution is -2.76. The fraction of sp³-hybridized carbons (Fsp3) is 0.300. The number of hydrogen-bond donors (Lipinski definition) is 2. The maximum Gasteiger partial charge on any atom is 0.355 e. The number of fused-ring (bicyclic) bond motifs is 1. The number of β-lactam (4-membered cyclic amide) rings is 1. The summed E-state index contributed by atoms with van der Waals surface area (Å²) in [6.07, 6.45) is 2.05. The molecule has 2 heterocycles. The third-order valence-corrected chi connectivity index (χ3v) is 7.27. The first-order valence-corrected chi connectivity index (χ1v) is 11.0. The molecular weight excluding hydrogens is 442 g/mol. The molecule has 12 heteroatoms. The second-order valence-corrected chi connectivity index (χ2v) is 9.11. The molecule has 170 valence electrons. The van der Waals surface area contributed by atoms with Gasteiger partial charge in [-0.1, -0.05) is 30.9 Å². The third-order valence-electron chi connectivity index (χ3n) is 4.93. The topological polar surface area (TPSA) is 152 Å². The largest absolute Gasteiger partial charge is 0.484 e. The van der Waals surface area contributed by atoms with Crippen molar-refractivity contribution in [2.75, 3.05) is 13.2 Å². The van der Waals surface area contributed by atoms with Crippen LogP contribution in [-0.2, 0) is 29.0 Å². The second-order valence-electron chi connectivity index (χ2n) is 6.94. The number of carbonyl (C=O) groups is 3. The molecule has 0 aliphatic carbocycles. The van der Waals surface area contributed by atoms with Crippen LogP contribution in [0, 0.1) is 0 Å². The molecule has 0 aromatic heterocycles. The van der Waals surface area contributed by atoms with Crippen molar-refractivity contribution < 1.29 is 37.5 Å². The molecule has 3 rings (SSSR count). The standard InChI is InChI=1S/C20H21N3O8S/c1-3-9-30-20(26)17-12(2)14(10-21-27)32(28,29)19-16(18(25)23(17)19)22-15(24)11-31-13-7-5-4-6-8-13/h3-8,10,14,16,19,27H,1,9,11H2,2H3,(H,22,24)/b21-10+. The first-order valence-electron chi connectivity index (χ1n) is 9.43. The Morgan fingerprint density at radius 1 is 1.31 bits per heavy atom. The Morgan fingerprint density at radius 3 is 2.62 bits per heavy atom. The Kier molecular flexibility index (Phi) is 6.63. The number of sulfone groups is 1. The van der Waals surface area contributed by atoms with Crippen LogP contribution >= 0.6 is 0 Å². The summed E-state index contributed by atoms with van der Waals surface area (Å²) >= 11 is 0. The first kappa shape index (κ1) is 23.0. The molecular formula is C20H21N3O8S. The number of esters is 1. The van der Waals surface area contributed by atoms with Gasteiger partial charge in [0.1, 0.15) is 29.3 Å². The normalized spacial score (nSPS) is 23.8. The van der Waals surface area contributed by atoms with E-state index in [1.807, 2.05) is 0 Å². The molecule has 11 nitrogen and oxygen atoms in total. The summed E-state index contributed by atoms with van der Waals surface area (Å²) in [4.78, 5) is 38.3. The molecule has 0 spiro atoms. The molecule has 3 unspecified atom stereocenters. The minimum absolute atomic E-state index is 0.0429. The van der Waals surface area contributed by atoms with E-state index in [0.717, 1.165) is 11.1 Å². The van der Waals surface area contributed by atoms with Gasteiger partial charge in [0.2, 0.25) is 0 Å². The molecule has 32 heavy (non-hydrogen) atoms. The summed E-state index contributed by atoms with van der Waals surface area (Å²) in [5.74, 6) is -2.05. The van der Waals surface area contributed by atoms with Gasteiger partial charge in [0.15, 0.2) is 21.8 Å². The number of hydrogen-bond acceptors (Lipinski definition) is 9. The van der Waals surface area contributed by atoms with E-state index in [1.54, 1.807) is 30.3 Å². The molecule has 1 fully saturated rings. The molecule has 0 saturated carbocycles. The van der Waals surface area contributed by atoms with Crippen LogP contribution in [0.5, 0.6) is 5.75 Å². The predicted molar refractivity (Wildman–Crippen MR) is 111 cm³/mol. The number of carbonyl (C=O) groups excluding carboxylic acids is 3. The van der Waals surface area contributed by atoms with Gasteiger partial charge in [-0.05, 0) is 24.6 Å². The van der Waals surface area contributed by atoms with Crippen molar-refractivity contribution in [3.8, 4) is 5.75 Å². The summed E-state index contributed by atoms with van der Waals surface area (Å²) in [6, 6.07) is 6.99. The molecule has 2 amide bonds. The van der Waals surface area contributed by atoms with Crippen molar-refractivity contribution in [3.05, 3.63) is 54.3 Å². The summed E-state index contributed by atoms with van der Waals surface area (Å²) in [6.45, 7) is 4.13. The van der Waals surface area contributed by atoms with Crippen molar-refractivity contribution >= 4 is 33.8 Å². The van der Waals surface area contributed by atoms with E-state index in [0.29, 0.717) is 5.75 Å². The van der Waals surface area contributed by atoms with Gasteiger partial charge in [0.05, 0.1) is 6.21 Å². The molecule has 2 aliphatic rings. The number of rotatable bonds is 8. The van der Waals surface area contributed by atoms with E-state index in [2.05, 4.69) is 17.1 Å². The number of ether oxygens (including phenoxy) is 2. The van der Waals surface area contributed by atoms with Gasteiger partial charge in [0.25, 0.3) is 11.8 Å². The van der Waals surface area contributed by atoms with Crippen LogP contribution in [0.15, 0.2) is 59.4 Å². The van der Waals surface area contributed by atoms with Crippen molar-refractivity contribution in [2.24, 2.45) is 5.16 Å². The van der Waals surface area contributed by atoms with E-state index < -0.39 is 50.9 Å². The Labute approximate surface area is 183 Å². The molecule has 3 atom stereocenters. The highest BCUT2D eigenvalue weighted by Crippen LogP contribution is 2.40. The lowest BCUT2D eigenvalue weighted by molar-refractivity contribution is -0.153. The smallest absolute Gasteiger partial charge is 0.355 e. The number of para-hydroxylation sites is 1. The number of nitrogens with zero attached hydrogens (tertiary/aromatic N) is 2. The molecule has 1 saturated heterocycles. The molecule has 1 aromatic carbocycles. The lowest BCUT2D eigenvalue weighted by Gasteiger charge is -2.50.